The first-order chi connectivity index (χ1) is 14.1. The Kier molecular flexibility index (Phi) is 5.44. The second kappa shape index (κ2) is 8.32. The van der Waals surface area contributed by atoms with Gasteiger partial charge in [0.25, 0.3) is 5.91 Å². The molecular weight excluding hydrogens is 371 g/mol. The van der Waals surface area contributed by atoms with Crippen molar-refractivity contribution < 1.29 is 19.0 Å². The minimum Gasteiger partial charge on any atom is -0.507 e. The van der Waals surface area contributed by atoms with E-state index in [1.165, 1.54) is 18.2 Å². The smallest absolute Gasteiger partial charge is 0.259 e. The molecule has 0 bridgehead atoms. The molecule has 3 aromatic carbocycles. The zero-order chi connectivity index (χ0) is 20.2. The van der Waals surface area contributed by atoms with Crippen LogP contribution in [0.25, 0.3) is 11.1 Å². The van der Waals surface area contributed by atoms with Gasteiger partial charge in [0.1, 0.15) is 11.6 Å². The maximum atomic E-state index is 13.5. The first-order valence-electron chi connectivity index (χ1n) is 9.43. The highest BCUT2D eigenvalue weighted by Gasteiger charge is 2.17. The number of hydrogen-bond acceptors (Lipinski definition) is 4. The van der Waals surface area contributed by atoms with E-state index in [4.69, 9.17) is 4.74 Å². The van der Waals surface area contributed by atoms with E-state index in [2.05, 4.69) is 10.2 Å². The number of carbonyl (C=O) groups is 1. The zero-order valence-corrected chi connectivity index (χ0v) is 15.8. The maximum absolute atomic E-state index is 13.5. The van der Waals surface area contributed by atoms with Gasteiger partial charge in [-0.1, -0.05) is 24.3 Å². The highest BCUT2D eigenvalue weighted by Crippen LogP contribution is 2.27. The van der Waals surface area contributed by atoms with Crippen molar-refractivity contribution >= 4 is 17.3 Å². The number of morpholine rings is 1. The molecule has 29 heavy (non-hydrogen) atoms. The van der Waals surface area contributed by atoms with Gasteiger partial charge in [0.2, 0.25) is 0 Å². The number of amides is 1. The number of nitrogens with one attached hydrogen (secondary N) is 1. The van der Waals surface area contributed by atoms with Gasteiger partial charge in [-0.05, 0) is 53.6 Å². The molecule has 0 aliphatic carbocycles. The summed E-state index contributed by atoms with van der Waals surface area (Å²) in [6.45, 7) is 2.74. The third-order valence-corrected chi connectivity index (χ3v) is 4.88. The summed E-state index contributed by atoms with van der Waals surface area (Å²) in [4.78, 5) is 14.9. The average molecular weight is 392 g/mol. The number of phenolic OH excluding ortho intramolecular Hbond substituents is 1. The van der Waals surface area contributed by atoms with Crippen molar-refractivity contribution in [3.63, 3.8) is 0 Å². The SMILES string of the molecule is O=C(Nc1cccc(-c2cccc(F)c2)c1)c1cc(N2CCOCC2)ccc1O. The second-order valence-electron chi connectivity index (χ2n) is 6.85. The molecule has 5 nitrogen and oxygen atoms in total. The predicted molar refractivity (Wildman–Crippen MR) is 111 cm³/mol. The second-order valence-corrected chi connectivity index (χ2v) is 6.85. The summed E-state index contributed by atoms with van der Waals surface area (Å²) in [6.07, 6.45) is 0. The van der Waals surface area contributed by atoms with Gasteiger partial charge in [-0.2, -0.15) is 0 Å². The summed E-state index contributed by atoms with van der Waals surface area (Å²) >= 11 is 0. The van der Waals surface area contributed by atoms with Crippen molar-refractivity contribution in [2.75, 3.05) is 36.5 Å². The van der Waals surface area contributed by atoms with E-state index in [1.54, 1.807) is 36.4 Å². The molecule has 1 heterocycles. The van der Waals surface area contributed by atoms with Crippen molar-refractivity contribution in [2.24, 2.45) is 0 Å². The lowest BCUT2D eigenvalue weighted by Gasteiger charge is -2.29. The van der Waals surface area contributed by atoms with Gasteiger partial charge in [-0.3, -0.25) is 4.79 Å². The molecule has 3 aromatic rings. The Morgan fingerprint density at radius 1 is 0.966 bits per heavy atom. The van der Waals surface area contributed by atoms with Gasteiger partial charge in [0, 0.05) is 24.5 Å². The molecule has 0 spiro atoms. The lowest BCUT2D eigenvalue weighted by Crippen LogP contribution is -2.36. The van der Waals surface area contributed by atoms with Crippen molar-refractivity contribution in [1.29, 1.82) is 0 Å². The van der Waals surface area contributed by atoms with Crippen LogP contribution in [0.15, 0.2) is 66.7 Å². The number of phenols is 1. The van der Waals surface area contributed by atoms with Gasteiger partial charge in [0.05, 0.1) is 18.8 Å². The number of rotatable bonds is 4. The Morgan fingerprint density at radius 3 is 2.45 bits per heavy atom. The molecule has 1 amide bonds. The Morgan fingerprint density at radius 2 is 1.69 bits per heavy atom. The van der Waals surface area contributed by atoms with Crippen molar-refractivity contribution in [2.45, 2.75) is 0 Å². The third-order valence-electron chi connectivity index (χ3n) is 4.88. The van der Waals surface area contributed by atoms with E-state index < -0.39 is 5.91 Å². The Balaban J connectivity index is 1.56. The average Bonchev–Trinajstić information content (AvgIpc) is 2.75. The van der Waals surface area contributed by atoms with E-state index >= 15 is 0 Å². The molecule has 148 valence electrons. The van der Waals surface area contributed by atoms with Crippen LogP contribution in [-0.2, 0) is 4.74 Å². The van der Waals surface area contributed by atoms with Gasteiger partial charge < -0.3 is 20.1 Å². The third kappa shape index (κ3) is 4.38. The quantitative estimate of drug-likeness (QED) is 0.696. The molecule has 0 unspecified atom stereocenters. The van der Waals surface area contributed by atoms with Crippen LogP contribution in [0, 0.1) is 5.82 Å². The summed E-state index contributed by atoms with van der Waals surface area (Å²) in [5, 5.41) is 13.0. The van der Waals surface area contributed by atoms with Gasteiger partial charge in [-0.15, -0.1) is 0 Å². The zero-order valence-electron chi connectivity index (χ0n) is 15.8. The summed E-state index contributed by atoms with van der Waals surface area (Å²) in [6, 6.07) is 18.5. The number of ether oxygens (including phenoxy) is 1. The minimum atomic E-state index is -0.408. The predicted octanol–water partition coefficient (Wildman–Crippen LogP) is 4.29. The lowest BCUT2D eigenvalue weighted by molar-refractivity contribution is 0.102. The van der Waals surface area contributed by atoms with Crippen LogP contribution in [0.2, 0.25) is 0 Å². The van der Waals surface area contributed by atoms with Crippen LogP contribution in [0.3, 0.4) is 0 Å². The number of hydrogen-bond donors (Lipinski definition) is 2. The Labute approximate surface area is 168 Å². The number of anilines is 2. The summed E-state index contributed by atoms with van der Waals surface area (Å²) in [7, 11) is 0. The summed E-state index contributed by atoms with van der Waals surface area (Å²) in [5.41, 5.74) is 3.13. The molecule has 1 aliphatic heterocycles. The molecule has 6 heteroatoms. The lowest BCUT2D eigenvalue weighted by atomic mass is 10.0. The number of halogens is 1. The monoisotopic (exact) mass is 392 g/mol. The van der Waals surface area contributed by atoms with Crippen LogP contribution < -0.4 is 10.2 Å². The molecule has 0 atom stereocenters. The van der Waals surface area contributed by atoms with E-state index in [0.717, 1.165) is 29.9 Å². The standard InChI is InChI=1S/C23H21FN2O3/c24-18-5-1-3-16(13-18)17-4-2-6-19(14-17)25-23(28)21-15-20(7-8-22(21)27)26-9-11-29-12-10-26/h1-8,13-15,27H,9-12H2,(H,25,28). The molecule has 1 fully saturated rings. The molecule has 1 aliphatic rings. The van der Waals surface area contributed by atoms with Crippen LogP contribution in [0.4, 0.5) is 15.8 Å². The van der Waals surface area contributed by atoms with E-state index in [9.17, 15) is 14.3 Å². The fourth-order valence-corrected chi connectivity index (χ4v) is 3.37. The molecule has 2 N–H and O–H groups in total. The van der Waals surface area contributed by atoms with Crippen LogP contribution in [0.5, 0.6) is 5.75 Å². The molecule has 0 radical (unpaired) electrons. The van der Waals surface area contributed by atoms with Crippen LogP contribution in [0.1, 0.15) is 10.4 Å². The number of benzene rings is 3. The fourth-order valence-electron chi connectivity index (χ4n) is 3.37. The van der Waals surface area contributed by atoms with Crippen molar-refractivity contribution in [3.05, 3.63) is 78.1 Å². The first-order valence-corrected chi connectivity index (χ1v) is 9.43. The molecule has 0 aromatic heterocycles. The Hall–Kier alpha value is -3.38. The van der Waals surface area contributed by atoms with Gasteiger partial charge in [-0.25, -0.2) is 4.39 Å². The maximum Gasteiger partial charge on any atom is 0.259 e. The number of aromatic hydroxyl groups is 1. The molecule has 4 rings (SSSR count). The number of carbonyl (C=O) groups excluding carboxylic acids is 1. The van der Waals surface area contributed by atoms with Crippen molar-refractivity contribution in [1.82, 2.24) is 0 Å². The van der Waals surface area contributed by atoms with Crippen molar-refractivity contribution in [3.8, 4) is 16.9 Å². The first kappa shape index (κ1) is 19.0. The molecular formula is C23H21FN2O3. The topological polar surface area (TPSA) is 61.8 Å². The van der Waals surface area contributed by atoms with Gasteiger partial charge in [0.15, 0.2) is 0 Å². The summed E-state index contributed by atoms with van der Waals surface area (Å²) in [5.74, 6) is -0.809. The number of nitrogens with zero attached hydrogens (tertiary/aromatic N) is 1. The molecule has 0 saturated carbocycles. The van der Waals surface area contributed by atoms with Crippen LogP contribution in [-0.4, -0.2) is 37.3 Å². The fraction of sp³-hybridized carbons (Fsp3) is 0.174. The van der Waals surface area contributed by atoms with Crippen LogP contribution >= 0.6 is 0 Å². The van der Waals surface area contributed by atoms with E-state index in [0.29, 0.717) is 18.9 Å². The molecule has 1 saturated heterocycles. The van der Waals surface area contributed by atoms with E-state index in [1.807, 2.05) is 12.1 Å². The van der Waals surface area contributed by atoms with Gasteiger partial charge >= 0.3 is 0 Å². The van der Waals surface area contributed by atoms with E-state index in [-0.39, 0.29) is 17.1 Å². The largest absolute Gasteiger partial charge is 0.507 e. The highest BCUT2D eigenvalue weighted by atomic mass is 19.1. The Bertz CT molecular complexity index is 1030. The normalized spacial score (nSPS) is 13.9. The highest BCUT2D eigenvalue weighted by molar-refractivity contribution is 6.07. The minimum absolute atomic E-state index is 0.0826. The summed E-state index contributed by atoms with van der Waals surface area (Å²) < 4.78 is 18.9.